The predicted octanol–water partition coefficient (Wildman–Crippen LogP) is 3.69. The van der Waals surface area contributed by atoms with Crippen molar-refractivity contribution in [3.8, 4) is 6.07 Å². The van der Waals surface area contributed by atoms with E-state index < -0.39 is 0 Å². The first-order chi connectivity index (χ1) is 8.17. The van der Waals surface area contributed by atoms with Crippen LogP contribution in [0.2, 0.25) is 0 Å². The molecule has 1 saturated carbocycles. The third kappa shape index (κ3) is 2.63. The molecule has 0 aliphatic heterocycles. The van der Waals surface area contributed by atoms with Crippen LogP contribution in [0.15, 0.2) is 18.2 Å². The van der Waals surface area contributed by atoms with Gasteiger partial charge in [0.25, 0.3) is 0 Å². The van der Waals surface area contributed by atoms with Crippen molar-refractivity contribution in [3.63, 3.8) is 0 Å². The maximum Gasteiger partial charge on any atom is 0.101 e. The Labute approximate surface area is 111 Å². The van der Waals surface area contributed by atoms with Gasteiger partial charge < -0.3 is 4.90 Å². The number of rotatable bonds is 4. The average Bonchev–Trinajstić information content (AvgIpc) is 3.20. The molecule has 0 N–H and O–H groups in total. The highest BCUT2D eigenvalue weighted by molar-refractivity contribution is 9.08. The number of hydrogen-bond acceptors (Lipinski definition) is 2. The number of benzene rings is 1. The summed E-state index contributed by atoms with van der Waals surface area (Å²) < 4.78 is 0. The van der Waals surface area contributed by atoms with E-state index in [1.54, 1.807) is 0 Å². The normalized spacial score (nSPS) is 16.4. The van der Waals surface area contributed by atoms with E-state index in [-0.39, 0.29) is 0 Å². The molecule has 0 heterocycles. The van der Waals surface area contributed by atoms with Gasteiger partial charge in [0.05, 0.1) is 11.3 Å². The summed E-state index contributed by atoms with van der Waals surface area (Å²) in [6.45, 7) is 2.25. The number of nitrogens with zero attached hydrogens (tertiary/aromatic N) is 2. The van der Waals surface area contributed by atoms with Crippen LogP contribution in [0.1, 0.15) is 30.9 Å². The lowest BCUT2D eigenvalue weighted by Gasteiger charge is -2.28. The molecule has 1 aromatic carbocycles. The highest BCUT2D eigenvalue weighted by Crippen LogP contribution is 2.37. The second-order valence-corrected chi connectivity index (χ2v) is 5.35. The van der Waals surface area contributed by atoms with Gasteiger partial charge in [0.2, 0.25) is 0 Å². The molecule has 1 unspecified atom stereocenters. The lowest BCUT2D eigenvalue weighted by Crippen LogP contribution is -2.31. The second kappa shape index (κ2) is 5.10. The van der Waals surface area contributed by atoms with Crippen LogP contribution in [0.4, 0.5) is 5.69 Å². The molecule has 0 amide bonds. The van der Waals surface area contributed by atoms with Crippen molar-refractivity contribution in [3.05, 3.63) is 29.3 Å². The lowest BCUT2D eigenvalue weighted by atomic mass is 10.1. The molecule has 0 spiro atoms. The molecule has 1 aromatic rings. The minimum Gasteiger partial charge on any atom is -0.371 e. The zero-order valence-corrected chi connectivity index (χ0v) is 11.9. The van der Waals surface area contributed by atoms with Crippen LogP contribution in [0.5, 0.6) is 0 Å². The fourth-order valence-electron chi connectivity index (χ4n) is 2.18. The van der Waals surface area contributed by atoms with Gasteiger partial charge in [-0.05, 0) is 43.4 Å². The molecule has 17 heavy (non-hydrogen) atoms. The fourth-order valence-corrected chi connectivity index (χ4v) is 2.53. The topological polar surface area (TPSA) is 27.0 Å². The molecular formula is C14H17BrN2. The summed E-state index contributed by atoms with van der Waals surface area (Å²) in [4.78, 5) is 2.24. The van der Waals surface area contributed by atoms with Crippen LogP contribution < -0.4 is 4.90 Å². The van der Waals surface area contributed by atoms with Crippen molar-refractivity contribution in [1.82, 2.24) is 0 Å². The van der Waals surface area contributed by atoms with Crippen LogP contribution in [0.25, 0.3) is 0 Å². The second-order valence-electron chi connectivity index (χ2n) is 4.79. The number of nitriles is 1. The third-order valence-corrected chi connectivity index (χ3v) is 4.28. The Morgan fingerprint density at radius 2 is 2.24 bits per heavy atom. The lowest BCUT2D eigenvalue weighted by molar-refractivity contribution is 0.609. The number of anilines is 1. The molecule has 0 saturated heterocycles. The van der Waals surface area contributed by atoms with E-state index in [0.29, 0.717) is 6.04 Å². The van der Waals surface area contributed by atoms with Gasteiger partial charge in [0, 0.05) is 18.4 Å². The summed E-state index contributed by atoms with van der Waals surface area (Å²) in [6.07, 6.45) is 2.65. The van der Waals surface area contributed by atoms with Crippen LogP contribution in [0, 0.1) is 17.2 Å². The Bertz CT molecular complexity index is 446. The SMILES string of the molecule is CC(C1CC1)N(C)c1ccc(CBr)cc1C#N. The van der Waals surface area contributed by atoms with Crippen molar-refractivity contribution in [2.75, 3.05) is 11.9 Å². The molecule has 1 aliphatic rings. The minimum absolute atomic E-state index is 0.525. The van der Waals surface area contributed by atoms with E-state index in [1.807, 2.05) is 6.07 Å². The third-order valence-electron chi connectivity index (χ3n) is 3.63. The van der Waals surface area contributed by atoms with Crippen LogP contribution >= 0.6 is 15.9 Å². The van der Waals surface area contributed by atoms with Gasteiger partial charge in [-0.2, -0.15) is 5.26 Å². The Kier molecular flexibility index (Phi) is 3.73. The zero-order chi connectivity index (χ0) is 12.4. The number of hydrogen-bond donors (Lipinski definition) is 0. The number of halogens is 1. The van der Waals surface area contributed by atoms with Crippen LogP contribution in [0.3, 0.4) is 0 Å². The smallest absolute Gasteiger partial charge is 0.101 e. The molecule has 0 aromatic heterocycles. The molecule has 1 atom stereocenters. The van der Waals surface area contributed by atoms with Crippen molar-refractivity contribution in [2.45, 2.75) is 31.1 Å². The van der Waals surface area contributed by atoms with Crippen molar-refractivity contribution >= 4 is 21.6 Å². The predicted molar refractivity (Wildman–Crippen MR) is 74.4 cm³/mol. The standard InChI is InChI=1S/C14H17BrN2/c1-10(12-4-5-12)17(2)14-6-3-11(8-15)7-13(14)9-16/h3,6-7,10,12H,4-5,8H2,1-2H3. The summed E-state index contributed by atoms with van der Waals surface area (Å²) in [7, 11) is 2.09. The highest BCUT2D eigenvalue weighted by atomic mass is 79.9. The number of alkyl halides is 1. The molecule has 2 nitrogen and oxygen atoms in total. The first kappa shape index (κ1) is 12.4. The molecule has 3 heteroatoms. The maximum atomic E-state index is 9.23. The maximum absolute atomic E-state index is 9.23. The first-order valence-electron chi connectivity index (χ1n) is 5.99. The minimum atomic E-state index is 0.525. The average molecular weight is 293 g/mol. The van der Waals surface area contributed by atoms with Crippen molar-refractivity contribution in [2.24, 2.45) is 5.92 Å². The van der Waals surface area contributed by atoms with Gasteiger partial charge >= 0.3 is 0 Å². The van der Waals surface area contributed by atoms with E-state index in [2.05, 4.69) is 53.0 Å². The Morgan fingerprint density at radius 3 is 2.76 bits per heavy atom. The van der Waals surface area contributed by atoms with Crippen molar-refractivity contribution < 1.29 is 0 Å². The van der Waals surface area contributed by atoms with Gasteiger partial charge in [-0.1, -0.05) is 22.0 Å². The molecule has 2 rings (SSSR count). The van der Waals surface area contributed by atoms with Crippen LogP contribution in [-0.2, 0) is 5.33 Å². The highest BCUT2D eigenvalue weighted by Gasteiger charge is 2.31. The summed E-state index contributed by atoms with van der Waals surface area (Å²) >= 11 is 3.42. The zero-order valence-electron chi connectivity index (χ0n) is 10.3. The summed E-state index contributed by atoms with van der Waals surface area (Å²) in [5.74, 6) is 0.808. The molecule has 90 valence electrons. The molecule has 1 fully saturated rings. The molecule has 0 bridgehead atoms. The molecular weight excluding hydrogens is 276 g/mol. The summed E-state index contributed by atoms with van der Waals surface area (Å²) in [5.41, 5.74) is 2.98. The van der Waals surface area contributed by atoms with Gasteiger partial charge in [0.1, 0.15) is 6.07 Å². The van der Waals surface area contributed by atoms with E-state index >= 15 is 0 Å². The van der Waals surface area contributed by atoms with E-state index in [0.717, 1.165) is 28.1 Å². The summed E-state index contributed by atoms with van der Waals surface area (Å²) in [5, 5.41) is 10.0. The Hall–Kier alpha value is -1.01. The fraction of sp³-hybridized carbons (Fsp3) is 0.500. The van der Waals surface area contributed by atoms with Gasteiger partial charge in [-0.3, -0.25) is 0 Å². The first-order valence-corrected chi connectivity index (χ1v) is 7.11. The van der Waals surface area contributed by atoms with Crippen molar-refractivity contribution in [1.29, 1.82) is 5.26 Å². The van der Waals surface area contributed by atoms with Gasteiger partial charge in [0.15, 0.2) is 0 Å². The Balaban J connectivity index is 2.27. The summed E-state index contributed by atoms with van der Waals surface area (Å²) in [6, 6.07) is 8.95. The van der Waals surface area contributed by atoms with E-state index in [9.17, 15) is 5.26 Å². The molecule has 0 radical (unpaired) electrons. The largest absolute Gasteiger partial charge is 0.371 e. The van der Waals surface area contributed by atoms with Gasteiger partial charge in [-0.25, -0.2) is 0 Å². The van der Waals surface area contributed by atoms with E-state index in [1.165, 1.54) is 12.8 Å². The molecule has 1 aliphatic carbocycles. The Morgan fingerprint density at radius 1 is 1.53 bits per heavy atom. The van der Waals surface area contributed by atoms with Crippen LogP contribution in [-0.4, -0.2) is 13.1 Å². The van der Waals surface area contributed by atoms with Gasteiger partial charge in [-0.15, -0.1) is 0 Å². The van der Waals surface area contributed by atoms with E-state index in [4.69, 9.17) is 0 Å². The monoisotopic (exact) mass is 292 g/mol. The quantitative estimate of drug-likeness (QED) is 0.792.